The molecule has 2 aromatic carbocycles. The van der Waals surface area contributed by atoms with Crippen molar-refractivity contribution in [3.8, 4) is 6.07 Å². The molecule has 0 fully saturated rings. The van der Waals surface area contributed by atoms with Gasteiger partial charge in [0.25, 0.3) is 0 Å². The van der Waals surface area contributed by atoms with Gasteiger partial charge >= 0.3 is 0 Å². The number of halogens is 1. The van der Waals surface area contributed by atoms with Gasteiger partial charge in [0.05, 0.1) is 28.7 Å². The van der Waals surface area contributed by atoms with Crippen molar-refractivity contribution in [1.29, 1.82) is 5.26 Å². The number of nitrogen functional groups attached to an aromatic ring is 1. The van der Waals surface area contributed by atoms with E-state index in [4.69, 9.17) is 11.0 Å². The fraction of sp³-hybridized carbons (Fsp3) is 0.0714. The molecular formula is C14H12FN3. The van der Waals surface area contributed by atoms with E-state index in [1.807, 2.05) is 6.07 Å². The molecule has 18 heavy (non-hydrogen) atoms. The number of benzene rings is 2. The van der Waals surface area contributed by atoms with Crippen molar-refractivity contribution in [3.63, 3.8) is 0 Å². The lowest BCUT2D eigenvalue weighted by Gasteiger charge is -2.21. The van der Waals surface area contributed by atoms with E-state index in [-0.39, 0.29) is 5.82 Å². The number of nitriles is 1. The van der Waals surface area contributed by atoms with Crippen molar-refractivity contribution in [1.82, 2.24) is 0 Å². The zero-order valence-electron chi connectivity index (χ0n) is 9.89. The van der Waals surface area contributed by atoms with Crippen LogP contribution in [0, 0.1) is 17.1 Å². The highest BCUT2D eigenvalue weighted by molar-refractivity contribution is 5.75. The Kier molecular flexibility index (Phi) is 3.16. The van der Waals surface area contributed by atoms with E-state index in [0.717, 1.165) is 0 Å². The molecule has 0 aromatic heterocycles. The van der Waals surface area contributed by atoms with Crippen LogP contribution in [0.2, 0.25) is 0 Å². The van der Waals surface area contributed by atoms with Crippen LogP contribution in [-0.4, -0.2) is 7.05 Å². The topological polar surface area (TPSA) is 53.0 Å². The second kappa shape index (κ2) is 4.76. The Morgan fingerprint density at radius 1 is 1.17 bits per heavy atom. The van der Waals surface area contributed by atoms with Gasteiger partial charge < -0.3 is 10.6 Å². The summed E-state index contributed by atoms with van der Waals surface area (Å²) in [6, 6.07) is 13.4. The SMILES string of the molecule is CN(c1ccc(C#N)cc1N)c1ccccc1F. The van der Waals surface area contributed by atoms with E-state index in [1.54, 1.807) is 48.3 Å². The summed E-state index contributed by atoms with van der Waals surface area (Å²) in [5.41, 5.74) is 7.90. The Hall–Kier alpha value is -2.54. The largest absolute Gasteiger partial charge is 0.397 e. The van der Waals surface area contributed by atoms with Crippen molar-refractivity contribution < 1.29 is 4.39 Å². The molecule has 2 rings (SSSR count). The lowest BCUT2D eigenvalue weighted by Crippen LogP contribution is -2.13. The predicted molar refractivity (Wildman–Crippen MR) is 70.0 cm³/mol. The van der Waals surface area contributed by atoms with E-state index in [9.17, 15) is 4.39 Å². The van der Waals surface area contributed by atoms with Gasteiger partial charge in [-0.2, -0.15) is 5.26 Å². The summed E-state index contributed by atoms with van der Waals surface area (Å²) in [6.07, 6.45) is 0. The quantitative estimate of drug-likeness (QED) is 0.822. The Labute approximate surface area is 105 Å². The maximum atomic E-state index is 13.7. The fourth-order valence-electron chi connectivity index (χ4n) is 1.78. The smallest absolute Gasteiger partial charge is 0.146 e. The number of anilines is 3. The van der Waals surface area contributed by atoms with Crippen molar-refractivity contribution in [3.05, 3.63) is 53.8 Å². The number of para-hydroxylation sites is 1. The van der Waals surface area contributed by atoms with Gasteiger partial charge in [-0.25, -0.2) is 4.39 Å². The summed E-state index contributed by atoms with van der Waals surface area (Å²) < 4.78 is 13.7. The molecule has 0 atom stereocenters. The normalized spacial score (nSPS) is 9.83. The van der Waals surface area contributed by atoms with Crippen molar-refractivity contribution >= 4 is 17.1 Å². The summed E-state index contributed by atoms with van der Waals surface area (Å²) in [6.45, 7) is 0. The Morgan fingerprint density at radius 2 is 1.89 bits per heavy atom. The van der Waals surface area contributed by atoms with Gasteiger partial charge in [0, 0.05) is 7.05 Å². The maximum absolute atomic E-state index is 13.7. The lowest BCUT2D eigenvalue weighted by molar-refractivity contribution is 0.627. The van der Waals surface area contributed by atoms with Crippen LogP contribution in [0.5, 0.6) is 0 Å². The summed E-state index contributed by atoms with van der Waals surface area (Å²) in [7, 11) is 1.73. The monoisotopic (exact) mass is 241 g/mol. The van der Waals surface area contributed by atoms with Crippen molar-refractivity contribution in [2.24, 2.45) is 0 Å². The molecule has 90 valence electrons. The minimum Gasteiger partial charge on any atom is -0.397 e. The van der Waals surface area contributed by atoms with E-state index in [2.05, 4.69) is 0 Å². The van der Waals surface area contributed by atoms with Gasteiger partial charge in [0.2, 0.25) is 0 Å². The van der Waals surface area contributed by atoms with Gasteiger partial charge in [0.15, 0.2) is 0 Å². The molecule has 0 aliphatic rings. The minimum absolute atomic E-state index is 0.316. The molecule has 0 heterocycles. The first-order valence-electron chi connectivity index (χ1n) is 5.41. The average molecular weight is 241 g/mol. The molecule has 0 saturated carbocycles. The number of nitrogens with two attached hydrogens (primary N) is 1. The molecule has 2 aromatic rings. The number of hydrogen-bond acceptors (Lipinski definition) is 3. The predicted octanol–water partition coefficient (Wildman–Crippen LogP) is 3.05. The zero-order valence-corrected chi connectivity index (χ0v) is 9.89. The lowest BCUT2D eigenvalue weighted by atomic mass is 10.1. The second-order valence-electron chi connectivity index (χ2n) is 3.90. The van der Waals surface area contributed by atoms with Crippen LogP contribution in [0.25, 0.3) is 0 Å². The molecule has 0 amide bonds. The van der Waals surface area contributed by atoms with Gasteiger partial charge in [-0.3, -0.25) is 0 Å². The molecule has 4 heteroatoms. The molecule has 0 spiro atoms. The molecule has 3 nitrogen and oxygen atoms in total. The van der Waals surface area contributed by atoms with Gasteiger partial charge in [-0.1, -0.05) is 12.1 Å². The van der Waals surface area contributed by atoms with Crippen LogP contribution in [0.15, 0.2) is 42.5 Å². The number of rotatable bonds is 2. The van der Waals surface area contributed by atoms with Crippen molar-refractivity contribution in [2.45, 2.75) is 0 Å². The maximum Gasteiger partial charge on any atom is 0.146 e. The molecule has 0 saturated heterocycles. The molecule has 2 N–H and O–H groups in total. The first-order chi connectivity index (χ1) is 8.63. The van der Waals surface area contributed by atoms with Crippen LogP contribution in [-0.2, 0) is 0 Å². The van der Waals surface area contributed by atoms with Crippen LogP contribution < -0.4 is 10.6 Å². The van der Waals surface area contributed by atoms with Crippen LogP contribution in [0.1, 0.15) is 5.56 Å². The second-order valence-corrected chi connectivity index (χ2v) is 3.90. The molecule has 0 unspecified atom stereocenters. The van der Waals surface area contributed by atoms with Crippen LogP contribution >= 0.6 is 0 Å². The third kappa shape index (κ3) is 2.11. The molecule has 0 aliphatic heterocycles. The van der Waals surface area contributed by atoms with Crippen LogP contribution in [0.4, 0.5) is 21.5 Å². The first kappa shape index (κ1) is 11.9. The summed E-state index contributed by atoms with van der Waals surface area (Å²) >= 11 is 0. The molecular weight excluding hydrogens is 229 g/mol. The third-order valence-electron chi connectivity index (χ3n) is 2.73. The minimum atomic E-state index is -0.316. The summed E-state index contributed by atoms with van der Waals surface area (Å²) in [4.78, 5) is 1.66. The Morgan fingerprint density at radius 3 is 2.50 bits per heavy atom. The van der Waals surface area contributed by atoms with E-state index < -0.39 is 0 Å². The average Bonchev–Trinajstić information content (AvgIpc) is 2.38. The Balaban J connectivity index is 2.44. The van der Waals surface area contributed by atoms with Gasteiger partial charge in [0.1, 0.15) is 5.82 Å². The summed E-state index contributed by atoms with van der Waals surface area (Å²) in [5, 5.41) is 8.77. The van der Waals surface area contributed by atoms with Gasteiger partial charge in [-0.15, -0.1) is 0 Å². The van der Waals surface area contributed by atoms with Gasteiger partial charge in [-0.05, 0) is 30.3 Å². The highest BCUT2D eigenvalue weighted by Gasteiger charge is 2.11. The van der Waals surface area contributed by atoms with E-state index in [0.29, 0.717) is 22.6 Å². The molecule has 0 bridgehead atoms. The number of hydrogen-bond donors (Lipinski definition) is 1. The standard InChI is InChI=1S/C14H12FN3/c1-18(13-5-3-2-4-11(13)15)14-7-6-10(9-16)8-12(14)17/h2-8H,17H2,1H3. The third-order valence-corrected chi connectivity index (χ3v) is 2.73. The fourth-order valence-corrected chi connectivity index (χ4v) is 1.78. The number of nitrogens with zero attached hydrogens (tertiary/aromatic N) is 2. The zero-order chi connectivity index (χ0) is 13.1. The Bertz CT molecular complexity index is 617. The highest BCUT2D eigenvalue weighted by Crippen LogP contribution is 2.30. The molecule has 0 radical (unpaired) electrons. The summed E-state index contributed by atoms with van der Waals surface area (Å²) in [5.74, 6) is -0.316. The van der Waals surface area contributed by atoms with E-state index in [1.165, 1.54) is 6.07 Å². The van der Waals surface area contributed by atoms with Crippen LogP contribution in [0.3, 0.4) is 0 Å². The first-order valence-corrected chi connectivity index (χ1v) is 5.41. The molecule has 0 aliphatic carbocycles. The van der Waals surface area contributed by atoms with E-state index >= 15 is 0 Å². The highest BCUT2D eigenvalue weighted by atomic mass is 19.1. The van der Waals surface area contributed by atoms with Crippen molar-refractivity contribution in [2.75, 3.05) is 17.7 Å².